The second-order valence-electron chi connectivity index (χ2n) is 8.35. The molecule has 3 N–H and O–H groups in total. The van der Waals surface area contributed by atoms with E-state index in [2.05, 4.69) is 65.2 Å². The van der Waals surface area contributed by atoms with Crippen LogP contribution in [0.4, 0.5) is 5.95 Å². The Morgan fingerprint density at radius 1 is 1.09 bits per heavy atom. The molecule has 0 saturated carbocycles. The van der Waals surface area contributed by atoms with E-state index < -0.39 is 0 Å². The first-order chi connectivity index (χ1) is 16.5. The van der Waals surface area contributed by atoms with Crippen LogP contribution >= 0.6 is 11.3 Å². The Morgan fingerprint density at radius 3 is 2.65 bits per heavy atom. The molecule has 0 radical (unpaired) electrons. The van der Waals surface area contributed by atoms with E-state index in [1.807, 2.05) is 24.3 Å². The van der Waals surface area contributed by atoms with Gasteiger partial charge in [0.1, 0.15) is 0 Å². The fraction of sp³-hybridized carbons (Fsp3) is 0.296. The highest BCUT2D eigenvalue weighted by Gasteiger charge is 2.13. The molecule has 7 heteroatoms. The molecule has 0 spiro atoms. The third kappa shape index (κ3) is 5.43. The van der Waals surface area contributed by atoms with E-state index in [1.54, 1.807) is 17.5 Å². The summed E-state index contributed by atoms with van der Waals surface area (Å²) in [5.41, 5.74) is 10.9. The number of aromatic nitrogens is 2. The number of nitrogens with zero attached hydrogens (tertiary/aromatic N) is 3. The Morgan fingerprint density at radius 2 is 1.88 bits per heavy atom. The lowest BCUT2D eigenvalue weighted by atomic mass is 10.0. The second kappa shape index (κ2) is 10.8. The standard InChI is InChI=1S/C27H31N5OS/c1-4-32(5-2)14-13-29-26(33)21-8-6-7-19(16-21)15-20-9-10-24-22(17-20)18(3)25(34-24)23-11-12-30-27(28)31-23/h6-12,16-17H,4-5,13-15H2,1-3H3,(H,29,33)(H2,28,30,31). The number of fused-ring (bicyclic) bond motifs is 1. The van der Waals surface area contributed by atoms with Crippen LogP contribution in [0.3, 0.4) is 0 Å². The van der Waals surface area contributed by atoms with Crippen molar-refractivity contribution in [2.75, 3.05) is 31.9 Å². The van der Waals surface area contributed by atoms with Crippen molar-refractivity contribution < 1.29 is 4.79 Å². The maximum atomic E-state index is 12.6. The molecule has 4 aromatic rings. The number of thiophene rings is 1. The first-order valence-electron chi connectivity index (χ1n) is 11.7. The third-order valence-corrected chi connectivity index (χ3v) is 7.41. The Balaban J connectivity index is 1.49. The van der Waals surface area contributed by atoms with Crippen molar-refractivity contribution in [2.24, 2.45) is 0 Å². The minimum Gasteiger partial charge on any atom is -0.368 e. The Kier molecular flexibility index (Phi) is 7.55. The molecule has 0 unspecified atom stereocenters. The second-order valence-corrected chi connectivity index (χ2v) is 9.40. The number of rotatable bonds is 9. The van der Waals surface area contributed by atoms with Crippen LogP contribution < -0.4 is 11.1 Å². The molecule has 4 rings (SSSR count). The monoisotopic (exact) mass is 473 g/mol. The van der Waals surface area contributed by atoms with E-state index in [0.29, 0.717) is 12.1 Å². The number of aryl methyl sites for hydroxylation is 1. The molecular formula is C27H31N5OS. The van der Waals surface area contributed by atoms with Crippen LogP contribution in [0.15, 0.2) is 54.7 Å². The molecule has 1 amide bonds. The zero-order valence-corrected chi connectivity index (χ0v) is 20.8. The van der Waals surface area contributed by atoms with Crippen LogP contribution in [-0.4, -0.2) is 47.0 Å². The average Bonchev–Trinajstić information content (AvgIpc) is 3.18. The number of nitrogens with two attached hydrogens (primary N) is 1. The third-order valence-electron chi connectivity index (χ3n) is 6.11. The van der Waals surface area contributed by atoms with E-state index >= 15 is 0 Å². The molecule has 0 aliphatic carbocycles. The zero-order valence-electron chi connectivity index (χ0n) is 20.0. The SMILES string of the molecule is CCN(CC)CCNC(=O)c1cccc(Cc2ccc3sc(-c4ccnc(N)n4)c(C)c3c2)c1. The van der Waals surface area contributed by atoms with E-state index in [9.17, 15) is 4.79 Å². The van der Waals surface area contributed by atoms with Gasteiger partial charge in [0.25, 0.3) is 5.91 Å². The van der Waals surface area contributed by atoms with Gasteiger partial charge in [0.15, 0.2) is 0 Å². The minimum absolute atomic E-state index is 0.0214. The molecule has 34 heavy (non-hydrogen) atoms. The van der Waals surface area contributed by atoms with Crippen molar-refractivity contribution in [3.05, 3.63) is 77.0 Å². The van der Waals surface area contributed by atoms with Gasteiger partial charge in [-0.2, -0.15) is 0 Å². The minimum atomic E-state index is -0.0214. The topological polar surface area (TPSA) is 84.1 Å². The van der Waals surface area contributed by atoms with Gasteiger partial charge in [-0.25, -0.2) is 9.97 Å². The fourth-order valence-electron chi connectivity index (χ4n) is 4.15. The predicted octanol–water partition coefficient (Wildman–Crippen LogP) is 4.91. The Bertz CT molecular complexity index is 1300. The molecule has 0 fully saturated rings. The maximum Gasteiger partial charge on any atom is 0.251 e. The van der Waals surface area contributed by atoms with Crippen LogP contribution in [0.1, 0.15) is 40.9 Å². The number of hydrogen-bond donors (Lipinski definition) is 2. The van der Waals surface area contributed by atoms with Gasteiger partial charge in [-0.1, -0.05) is 32.0 Å². The number of hydrogen-bond acceptors (Lipinski definition) is 6. The summed E-state index contributed by atoms with van der Waals surface area (Å²) < 4.78 is 1.22. The van der Waals surface area contributed by atoms with Gasteiger partial charge in [0, 0.05) is 29.5 Å². The molecule has 0 aliphatic rings. The summed E-state index contributed by atoms with van der Waals surface area (Å²) in [6.45, 7) is 9.89. The molecule has 0 bridgehead atoms. The van der Waals surface area contributed by atoms with E-state index in [1.165, 1.54) is 21.2 Å². The van der Waals surface area contributed by atoms with Crippen molar-refractivity contribution in [3.8, 4) is 10.6 Å². The smallest absolute Gasteiger partial charge is 0.251 e. The summed E-state index contributed by atoms with van der Waals surface area (Å²) in [5, 5.41) is 4.27. The molecule has 2 aromatic carbocycles. The quantitative estimate of drug-likeness (QED) is 0.361. The number of nitrogen functional groups attached to an aromatic ring is 1. The van der Waals surface area contributed by atoms with Gasteiger partial charge in [0.05, 0.1) is 10.6 Å². The van der Waals surface area contributed by atoms with Crippen molar-refractivity contribution in [3.63, 3.8) is 0 Å². The summed E-state index contributed by atoms with van der Waals surface area (Å²) in [6.07, 6.45) is 2.46. The molecule has 6 nitrogen and oxygen atoms in total. The van der Waals surface area contributed by atoms with Gasteiger partial charge >= 0.3 is 0 Å². The molecule has 2 aromatic heterocycles. The maximum absolute atomic E-state index is 12.6. The summed E-state index contributed by atoms with van der Waals surface area (Å²) >= 11 is 1.72. The first kappa shape index (κ1) is 23.9. The largest absolute Gasteiger partial charge is 0.368 e. The van der Waals surface area contributed by atoms with E-state index in [4.69, 9.17) is 5.73 Å². The zero-order chi connectivity index (χ0) is 24.1. The van der Waals surface area contributed by atoms with Gasteiger partial charge in [-0.05, 0) is 78.8 Å². The average molecular weight is 474 g/mol. The number of amides is 1. The van der Waals surface area contributed by atoms with Crippen molar-refractivity contribution >= 4 is 33.3 Å². The number of carbonyl (C=O) groups excluding carboxylic acids is 1. The first-order valence-corrected chi connectivity index (χ1v) is 12.5. The molecular weight excluding hydrogens is 442 g/mol. The van der Waals surface area contributed by atoms with Gasteiger partial charge in [0.2, 0.25) is 5.95 Å². The van der Waals surface area contributed by atoms with E-state index in [0.717, 1.165) is 42.2 Å². The molecule has 0 atom stereocenters. The van der Waals surface area contributed by atoms with Gasteiger partial charge < -0.3 is 16.0 Å². The van der Waals surface area contributed by atoms with Crippen LogP contribution in [0.25, 0.3) is 20.7 Å². The van der Waals surface area contributed by atoms with Crippen molar-refractivity contribution in [1.29, 1.82) is 0 Å². The lowest BCUT2D eigenvalue weighted by molar-refractivity contribution is 0.0949. The highest BCUT2D eigenvalue weighted by atomic mass is 32.1. The van der Waals surface area contributed by atoms with Crippen molar-refractivity contribution in [2.45, 2.75) is 27.2 Å². The highest BCUT2D eigenvalue weighted by molar-refractivity contribution is 7.22. The number of benzene rings is 2. The molecule has 176 valence electrons. The summed E-state index contributed by atoms with van der Waals surface area (Å²) in [5.74, 6) is 0.263. The van der Waals surface area contributed by atoms with Gasteiger partial charge in [-0.15, -0.1) is 11.3 Å². The lowest BCUT2D eigenvalue weighted by Gasteiger charge is -2.18. The number of likely N-dealkylation sites (N-methyl/N-ethyl adjacent to an activating group) is 1. The van der Waals surface area contributed by atoms with E-state index in [-0.39, 0.29) is 11.9 Å². The number of carbonyl (C=O) groups is 1. The Hall–Kier alpha value is -3.29. The normalized spacial score (nSPS) is 11.3. The molecule has 0 aliphatic heterocycles. The van der Waals surface area contributed by atoms with Crippen LogP contribution in [-0.2, 0) is 6.42 Å². The highest BCUT2D eigenvalue weighted by Crippen LogP contribution is 2.38. The number of nitrogens with one attached hydrogen (secondary N) is 1. The summed E-state index contributed by atoms with van der Waals surface area (Å²) in [4.78, 5) is 24.4. The van der Waals surface area contributed by atoms with Crippen LogP contribution in [0, 0.1) is 6.92 Å². The summed E-state index contributed by atoms with van der Waals surface area (Å²) in [6, 6.07) is 16.4. The van der Waals surface area contributed by atoms with Crippen LogP contribution in [0.2, 0.25) is 0 Å². The van der Waals surface area contributed by atoms with Crippen LogP contribution in [0.5, 0.6) is 0 Å². The van der Waals surface area contributed by atoms with Gasteiger partial charge in [-0.3, -0.25) is 4.79 Å². The molecule has 2 heterocycles. The Labute approximate surface area is 204 Å². The molecule has 0 saturated heterocycles. The predicted molar refractivity (Wildman–Crippen MR) is 141 cm³/mol. The number of anilines is 1. The van der Waals surface area contributed by atoms with Crippen molar-refractivity contribution in [1.82, 2.24) is 20.2 Å². The lowest BCUT2D eigenvalue weighted by Crippen LogP contribution is -2.34. The fourth-order valence-corrected chi connectivity index (χ4v) is 5.31. The summed E-state index contributed by atoms with van der Waals surface area (Å²) in [7, 11) is 0.